The van der Waals surface area contributed by atoms with E-state index < -0.39 is 5.97 Å². The molecule has 7 nitrogen and oxygen atoms in total. The van der Waals surface area contributed by atoms with Gasteiger partial charge in [-0.25, -0.2) is 4.79 Å². The number of carbonyl (C=O) groups is 1. The van der Waals surface area contributed by atoms with Gasteiger partial charge in [-0.2, -0.15) is 0 Å². The van der Waals surface area contributed by atoms with E-state index >= 15 is 0 Å². The van der Waals surface area contributed by atoms with Crippen molar-refractivity contribution >= 4 is 16.9 Å². The van der Waals surface area contributed by atoms with Gasteiger partial charge in [0.05, 0.1) is 5.39 Å². The molecular formula is C13H16N2O5. The predicted octanol–water partition coefficient (Wildman–Crippen LogP) is 3.26. The molecule has 0 amide bonds. The van der Waals surface area contributed by atoms with Gasteiger partial charge in [-0.05, 0) is 24.5 Å². The summed E-state index contributed by atoms with van der Waals surface area (Å²) >= 11 is 0. The highest BCUT2D eigenvalue weighted by Crippen LogP contribution is 2.17. The fourth-order valence-corrected chi connectivity index (χ4v) is 1.37. The predicted molar refractivity (Wildman–Crippen MR) is 72.2 cm³/mol. The molecule has 20 heavy (non-hydrogen) atoms. The lowest BCUT2D eigenvalue weighted by Gasteiger charge is -1.98. The first-order valence-corrected chi connectivity index (χ1v) is 6.08. The zero-order chi connectivity index (χ0) is 15.0. The summed E-state index contributed by atoms with van der Waals surface area (Å²) in [5.41, 5.74) is 0.459. The molecule has 7 heteroatoms. The van der Waals surface area contributed by atoms with Crippen LogP contribution < -0.4 is 0 Å². The molecule has 1 aromatic carbocycles. The topological polar surface area (TPSA) is 102 Å². The van der Waals surface area contributed by atoms with Crippen LogP contribution in [0, 0.1) is 10.8 Å². The zero-order valence-electron chi connectivity index (χ0n) is 11.3. The van der Waals surface area contributed by atoms with E-state index in [0.29, 0.717) is 23.5 Å². The number of hydrogen-bond donors (Lipinski definition) is 1. The number of nitrogens with zero attached hydrogens (tertiary/aromatic N) is 2. The Morgan fingerprint density at radius 1 is 1.45 bits per heavy atom. The third kappa shape index (κ3) is 4.68. The number of hydrogen-bond acceptors (Lipinski definition) is 6. The Hall–Kier alpha value is -2.44. The van der Waals surface area contributed by atoms with E-state index in [2.05, 4.69) is 29.2 Å². The summed E-state index contributed by atoms with van der Waals surface area (Å²) in [5, 5.41) is 14.9. The quantitative estimate of drug-likeness (QED) is 0.512. The van der Waals surface area contributed by atoms with E-state index in [9.17, 15) is 9.70 Å². The Labute approximate surface area is 115 Å². The van der Waals surface area contributed by atoms with Crippen molar-refractivity contribution in [3.05, 3.63) is 34.9 Å². The minimum atomic E-state index is -1.07. The molecule has 0 bridgehead atoms. The number of aromatic carboxylic acids is 1. The highest BCUT2D eigenvalue weighted by Gasteiger charge is 2.13. The van der Waals surface area contributed by atoms with Crippen LogP contribution in [0.15, 0.2) is 34.1 Å². The average molecular weight is 280 g/mol. The van der Waals surface area contributed by atoms with Crippen LogP contribution in [-0.2, 0) is 4.84 Å². The van der Waals surface area contributed by atoms with Crippen molar-refractivity contribution in [1.29, 1.82) is 0 Å². The van der Waals surface area contributed by atoms with Crippen molar-refractivity contribution in [2.45, 2.75) is 20.3 Å². The average Bonchev–Trinajstić information content (AvgIpc) is 2.83. The van der Waals surface area contributed by atoms with Gasteiger partial charge >= 0.3 is 5.97 Å². The van der Waals surface area contributed by atoms with E-state index in [4.69, 9.17) is 9.63 Å². The van der Waals surface area contributed by atoms with E-state index in [1.54, 1.807) is 24.3 Å². The molecular weight excluding hydrogens is 264 g/mol. The first-order chi connectivity index (χ1) is 9.56. The minimum Gasteiger partial charge on any atom is -0.476 e. The largest absolute Gasteiger partial charge is 0.476 e. The van der Waals surface area contributed by atoms with Gasteiger partial charge in [-0.1, -0.05) is 31.1 Å². The lowest BCUT2D eigenvalue weighted by molar-refractivity contribution is 0.0688. The van der Waals surface area contributed by atoms with Crippen molar-refractivity contribution in [2.24, 2.45) is 11.3 Å². The Kier molecular flexibility index (Phi) is 6.15. The number of carboxylic acid groups (broad SMARTS) is 1. The Bertz CT molecular complexity index is 565. The second-order valence-electron chi connectivity index (χ2n) is 4.42. The summed E-state index contributed by atoms with van der Waals surface area (Å²) in [6.45, 7) is 4.57. The first kappa shape index (κ1) is 15.6. The van der Waals surface area contributed by atoms with Gasteiger partial charge in [0.25, 0.3) is 0 Å². The molecule has 0 aliphatic carbocycles. The molecule has 1 aromatic heterocycles. The van der Waals surface area contributed by atoms with E-state index in [1.165, 1.54) is 0 Å². The summed E-state index contributed by atoms with van der Waals surface area (Å²) in [6, 6.07) is 6.84. The van der Waals surface area contributed by atoms with E-state index in [-0.39, 0.29) is 5.69 Å². The lowest BCUT2D eigenvalue weighted by atomic mass is 10.1. The normalized spacial score (nSPS) is 9.95. The third-order valence-corrected chi connectivity index (χ3v) is 2.42. The number of benzene rings is 1. The minimum absolute atomic E-state index is 0.0365. The van der Waals surface area contributed by atoms with Gasteiger partial charge in [-0.15, -0.1) is 4.91 Å². The molecule has 0 aliphatic heterocycles. The zero-order valence-corrected chi connectivity index (χ0v) is 11.3. The monoisotopic (exact) mass is 280 g/mol. The molecule has 108 valence electrons. The van der Waals surface area contributed by atoms with Gasteiger partial charge in [0.2, 0.25) is 0 Å². The van der Waals surface area contributed by atoms with Crippen LogP contribution >= 0.6 is 0 Å². The first-order valence-electron chi connectivity index (χ1n) is 6.08. The van der Waals surface area contributed by atoms with E-state index in [1.807, 2.05) is 0 Å². The fraction of sp³-hybridized carbons (Fsp3) is 0.385. The van der Waals surface area contributed by atoms with Crippen molar-refractivity contribution in [1.82, 2.24) is 5.16 Å². The maximum Gasteiger partial charge on any atom is 0.358 e. The number of para-hydroxylation sites is 1. The maximum absolute atomic E-state index is 10.6. The summed E-state index contributed by atoms with van der Waals surface area (Å²) in [7, 11) is 0. The Balaban J connectivity index is 0.000000221. The van der Waals surface area contributed by atoms with Crippen LogP contribution in [-0.4, -0.2) is 22.8 Å². The SMILES string of the molecule is CC(C)CCON=O.O=C(O)c1noc2ccccc12. The van der Waals surface area contributed by atoms with Crippen LogP contribution in [0.1, 0.15) is 30.8 Å². The summed E-state index contributed by atoms with van der Waals surface area (Å²) < 4.78 is 4.78. The number of rotatable bonds is 5. The van der Waals surface area contributed by atoms with Gasteiger partial charge in [0, 0.05) is 0 Å². The smallest absolute Gasteiger partial charge is 0.358 e. The number of fused-ring (bicyclic) bond motifs is 1. The molecule has 0 atom stereocenters. The van der Waals surface area contributed by atoms with Gasteiger partial charge in [0.1, 0.15) is 6.61 Å². The summed E-state index contributed by atoms with van der Waals surface area (Å²) in [5.74, 6) is -0.489. The molecule has 0 aliphatic rings. The van der Waals surface area contributed by atoms with Crippen LogP contribution in [0.2, 0.25) is 0 Å². The van der Waals surface area contributed by atoms with Crippen molar-refractivity contribution in [3.63, 3.8) is 0 Å². The van der Waals surface area contributed by atoms with Crippen molar-refractivity contribution < 1.29 is 19.3 Å². The van der Waals surface area contributed by atoms with Crippen molar-refractivity contribution in [3.8, 4) is 0 Å². The van der Waals surface area contributed by atoms with Gasteiger partial charge in [-0.3, -0.25) is 0 Å². The second-order valence-corrected chi connectivity index (χ2v) is 4.42. The summed E-state index contributed by atoms with van der Waals surface area (Å²) in [6.07, 6.45) is 0.895. The standard InChI is InChI=1S/C8H5NO3.C5H11NO2/c10-8(11)7-5-3-1-2-4-6(5)12-9-7;1-5(2)3-4-8-6-7/h1-4H,(H,10,11);5H,3-4H2,1-2H3. The van der Waals surface area contributed by atoms with Crippen LogP contribution in [0.5, 0.6) is 0 Å². The highest BCUT2D eigenvalue weighted by molar-refractivity contribution is 5.99. The van der Waals surface area contributed by atoms with Crippen molar-refractivity contribution in [2.75, 3.05) is 6.61 Å². The molecule has 1 N–H and O–H groups in total. The number of aromatic nitrogens is 1. The molecule has 2 rings (SSSR count). The number of carboxylic acids is 1. The van der Waals surface area contributed by atoms with E-state index in [0.717, 1.165) is 6.42 Å². The molecule has 0 saturated heterocycles. The van der Waals surface area contributed by atoms with Crippen LogP contribution in [0.25, 0.3) is 11.0 Å². The summed E-state index contributed by atoms with van der Waals surface area (Å²) in [4.78, 5) is 24.1. The third-order valence-electron chi connectivity index (χ3n) is 2.42. The maximum atomic E-state index is 10.6. The molecule has 0 spiro atoms. The highest BCUT2D eigenvalue weighted by atomic mass is 16.7. The van der Waals surface area contributed by atoms with Gasteiger partial charge in [0.15, 0.2) is 16.6 Å². The molecule has 0 unspecified atom stereocenters. The molecule has 0 radical (unpaired) electrons. The fourth-order valence-electron chi connectivity index (χ4n) is 1.37. The molecule has 0 fully saturated rings. The lowest BCUT2D eigenvalue weighted by Crippen LogP contribution is -1.95. The van der Waals surface area contributed by atoms with Crippen LogP contribution in [0.3, 0.4) is 0 Å². The Morgan fingerprint density at radius 3 is 2.75 bits per heavy atom. The van der Waals surface area contributed by atoms with Crippen LogP contribution in [0.4, 0.5) is 0 Å². The second kappa shape index (κ2) is 7.88. The van der Waals surface area contributed by atoms with Gasteiger partial charge < -0.3 is 14.5 Å². The molecule has 1 heterocycles. The Morgan fingerprint density at radius 2 is 2.15 bits per heavy atom. The molecule has 2 aromatic rings. The molecule has 0 saturated carbocycles.